The zero-order chi connectivity index (χ0) is 15.5. The highest BCUT2D eigenvalue weighted by atomic mass is 127. The molecule has 0 N–H and O–H groups in total. The van der Waals surface area contributed by atoms with Crippen molar-refractivity contribution in [3.8, 4) is 5.75 Å². The molecule has 3 aliphatic rings. The Bertz CT molecular complexity index is 707. The number of carbonyl (C=O) groups is 1. The van der Waals surface area contributed by atoms with Crippen LogP contribution in [0.4, 0.5) is 0 Å². The molecule has 1 aromatic rings. The minimum atomic E-state index is -0.0805. The minimum Gasteiger partial charge on any atom is -0.495 e. The Morgan fingerprint density at radius 2 is 2.18 bits per heavy atom. The number of benzene rings is 1. The van der Waals surface area contributed by atoms with Gasteiger partial charge in [0.15, 0.2) is 0 Å². The van der Waals surface area contributed by atoms with E-state index in [1.165, 1.54) is 20.3 Å². The quantitative estimate of drug-likeness (QED) is 0.523. The highest BCUT2D eigenvalue weighted by Gasteiger charge is 2.49. The summed E-state index contributed by atoms with van der Waals surface area (Å²) in [4.78, 5) is 11.9. The van der Waals surface area contributed by atoms with Crippen molar-refractivity contribution in [1.29, 1.82) is 0 Å². The first-order valence-corrected chi connectivity index (χ1v) is 8.89. The first-order valence-electron chi connectivity index (χ1n) is 7.81. The van der Waals surface area contributed by atoms with Gasteiger partial charge in [-0.15, -0.1) is 0 Å². The molecule has 3 nitrogen and oxygen atoms in total. The van der Waals surface area contributed by atoms with Crippen LogP contribution < -0.4 is 4.74 Å². The van der Waals surface area contributed by atoms with Gasteiger partial charge in [0.1, 0.15) is 12.4 Å². The van der Waals surface area contributed by atoms with Crippen molar-refractivity contribution in [2.45, 2.75) is 38.0 Å². The summed E-state index contributed by atoms with van der Waals surface area (Å²) < 4.78 is 12.2. The highest BCUT2D eigenvalue weighted by Crippen LogP contribution is 2.54. The Labute approximate surface area is 144 Å². The van der Waals surface area contributed by atoms with Gasteiger partial charge in [0.25, 0.3) is 0 Å². The molecule has 22 heavy (non-hydrogen) atoms. The van der Waals surface area contributed by atoms with Crippen molar-refractivity contribution in [3.05, 3.63) is 38.0 Å². The van der Waals surface area contributed by atoms with Crippen molar-refractivity contribution < 1.29 is 14.3 Å². The molecule has 0 unspecified atom stereocenters. The molecule has 0 saturated heterocycles. The Morgan fingerprint density at radius 3 is 2.95 bits per heavy atom. The summed E-state index contributed by atoms with van der Waals surface area (Å²) in [6.45, 7) is 2.86. The van der Waals surface area contributed by atoms with E-state index < -0.39 is 0 Å². The molecule has 0 aromatic heterocycles. The molecule has 4 heteroatoms. The van der Waals surface area contributed by atoms with Gasteiger partial charge in [-0.3, -0.25) is 0 Å². The summed E-state index contributed by atoms with van der Waals surface area (Å²) >= 11 is 2.35. The Hall–Kier alpha value is -1.04. The molecule has 2 atom stereocenters. The monoisotopic (exact) mass is 410 g/mol. The Balaban J connectivity index is 1.86. The average Bonchev–Trinajstić information content (AvgIpc) is 2.87. The Kier molecular flexibility index (Phi) is 3.29. The summed E-state index contributed by atoms with van der Waals surface area (Å²) in [5.74, 6) is 1.39. The smallest absolute Gasteiger partial charge is 0.334 e. The van der Waals surface area contributed by atoms with E-state index in [0.717, 1.165) is 37.0 Å². The van der Waals surface area contributed by atoms with Crippen LogP contribution in [0, 0.1) is 9.49 Å². The number of ether oxygens (including phenoxy) is 2. The van der Waals surface area contributed by atoms with Crippen LogP contribution in [0.5, 0.6) is 5.75 Å². The predicted molar refractivity (Wildman–Crippen MR) is 92.1 cm³/mol. The van der Waals surface area contributed by atoms with Crippen LogP contribution in [-0.2, 0) is 21.4 Å². The zero-order valence-electron chi connectivity index (χ0n) is 12.9. The van der Waals surface area contributed by atoms with Crippen LogP contribution in [-0.4, -0.2) is 19.7 Å². The van der Waals surface area contributed by atoms with E-state index in [1.807, 2.05) is 0 Å². The molecule has 0 amide bonds. The summed E-state index contributed by atoms with van der Waals surface area (Å²) in [5, 5.41) is 0. The summed E-state index contributed by atoms with van der Waals surface area (Å²) in [5.41, 5.74) is 5.09. The van der Waals surface area contributed by atoms with Gasteiger partial charge in [-0.25, -0.2) is 4.79 Å². The van der Waals surface area contributed by atoms with Crippen molar-refractivity contribution in [2.75, 3.05) is 13.7 Å². The Morgan fingerprint density at radius 1 is 1.36 bits per heavy atom. The molecule has 0 fully saturated rings. The molecule has 2 aliphatic carbocycles. The number of rotatable bonds is 1. The van der Waals surface area contributed by atoms with Gasteiger partial charge in [-0.2, -0.15) is 0 Å². The molecule has 1 aromatic carbocycles. The molecule has 0 radical (unpaired) electrons. The fourth-order valence-electron chi connectivity index (χ4n) is 4.67. The SMILES string of the molecule is COc1c(I)ccc2c1CC[C@H]1C3=C(CC[C@]21C)C(=O)OC3. The van der Waals surface area contributed by atoms with Gasteiger partial charge in [0.2, 0.25) is 0 Å². The summed E-state index contributed by atoms with van der Waals surface area (Å²) in [7, 11) is 1.76. The number of methoxy groups -OCH3 is 1. The van der Waals surface area contributed by atoms with Crippen LogP contribution in [0.1, 0.15) is 37.3 Å². The number of hydrogen-bond acceptors (Lipinski definition) is 3. The average molecular weight is 410 g/mol. The second-order valence-electron chi connectivity index (χ2n) is 6.70. The molecule has 116 valence electrons. The van der Waals surface area contributed by atoms with E-state index >= 15 is 0 Å². The largest absolute Gasteiger partial charge is 0.495 e. The maximum absolute atomic E-state index is 11.9. The first-order chi connectivity index (χ1) is 10.6. The van der Waals surface area contributed by atoms with Gasteiger partial charge in [-0.1, -0.05) is 13.0 Å². The minimum absolute atomic E-state index is 0.0805. The number of hydrogen-bond donors (Lipinski definition) is 0. The lowest BCUT2D eigenvalue weighted by atomic mass is 9.57. The summed E-state index contributed by atoms with van der Waals surface area (Å²) in [6.07, 6.45) is 3.95. The number of cyclic esters (lactones) is 1. The van der Waals surface area contributed by atoms with Crippen LogP contribution >= 0.6 is 22.6 Å². The standard InChI is InChI=1S/C18H19IO3/c1-18-8-7-10-12(9-22-17(10)20)14(18)4-3-11-13(18)5-6-15(19)16(11)21-2/h5-6,14H,3-4,7-9H2,1-2H3/t14-,18+/m0/s1. The van der Waals surface area contributed by atoms with E-state index in [0.29, 0.717) is 12.5 Å². The van der Waals surface area contributed by atoms with Crippen molar-refractivity contribution in [1.82, 2.24) is 0 Å². The number of fused-ring (bicyclic) bond motifs is 4. The van der Waals surface area contributed by atoms with Crippen LogP contribution in [0.3, 0.4) is 0 Å². The van der Waals surface area contributed by atoms with E-state index in [2.05, 4.69) is 41.6 Å². The molecule has 0 spiro atoms. The molecule has 4 rings (SSSR count). The fraction of sp³-hybridized carbons (Fsp3) is 0.500. The van der Waals surface area contributed by atoms with Crippen molar-refractivity contribution in [2.24, 2.45) is 5.92 Å². The van der Waals surface area contributed by atoms with E-state index in [9.17, 15) is 4.79 Å². The second kappa shape index (κ2) is 4.98. The molecule has 0 saturated carbocycles. The lowest BCUT2D eigenvalue weighted by Crippen LogP contribution is -2.41. The third kappa shape index (κ3) is 1.82. The lowest BCUT2D eigenvalue weighted by molar-refractivity contribution is -0.136. The maximum Gasteiger partial charge on any atom is 0.334 e. The van der Waals surface area contributed by atoms with Gasteiger partial charge in [0, 0.05) is 5.57 Å². The third-order valence-corrected chi connectivity index (χ3v) is 6.64. The fourth-order valence-corrected chi connectivity index (χ4v) is 5.40. The molecular formula is C18H19IO3. The normalized spacial score (nSPS) is 29.6. The van der Waals surface area contributed by atoms with E-state index in [1.54, 1.807) is 7.11 Å². The lowest BCUT2D eigenvalue weighted by Gasteiger charge is -2.46. The van der Waals surface area contributed by atoms with Crippen molar-refractivity contribution in [3.63, 3.8) is 0 Å². The van der Waals surface area contributed by atoms with Crippen LogP contribution in [0.2, 0.25) is 0 Å². The second-order valence-corrected chi connectivity index (χ2v) is 7.86. The third-order valence-electron chi connectivity index (χ3n) is 5.79. The maximum atomic E-state index is 11.9. The topological polar surface area (TPSA) is 35.5 Å². The van der Waals surface area contributed by atoms with Crippen LogP contribution in [0.25, 0.3) is 0 Å². The van der Waals surface area contributed by atoms with Crippen LogP contribution in [0.15, 0.2) is 23.3 Å². The van der Waals surface area contributed by atoms with Gasteiger partial charge < -0.3 is 9.47 Å². The number of carbonyl (C=O) groups excluding carboxylic acids is 1. The molecule has 1 heterocycles. The van der Waals surface area contributed by atoms with E-state index in [4.69, 9.17) is 9.47 Å². The number of halogens is 1. The van der Waals surface area contributed by atoms with Gasteiger partial charge in [-0.05, 0) is 82.4 Å². The molecular weight excluding hydrogens is 391 g/mol. The van der Waals surface area contributed by atoms with Gasteiger partial charge >= 0.3 is 5.97 Å². The van der Waals surface area contributed by atoms with Crippen molar-refractivity contribution >= 4 is 28.6 Å². The number of esters is 1. The predicted octanol–water partition coefficient (Wildman–Crippen LogP) is 3.77. The zero-order valence-corrected chi connectivity index (χ0v) is 15.0. The highest BCUT2D eigenvalue weighted by molar-refractivity contribution is 14.1. The molecule has 1 aliphatic heterocycles. The molecule has 0 bridgehead atoms. The first kappa shape index (κ1) is 14.5. The van der Waals surface area contributed by atoms with E-state index in [-0.39, 0.29) is 11.4 Å². The van der Waals surface area contributed by atoms with Gasteiger partial charge in [0.05, 0.1) is 10.7 Å². The summed E-state index contributed by atoms with van der Waals surface area (Å²) in [6, 6.07) is 4.43.